The van der Waals surface area contributed by atoms with Gasteiger partial charge in [0.05, 0.1) is 0 Å². The Kier molecular flexibility index (Phi) is 2.96. The summed E-state index contributed by atoms with van der Waals surface area (Å²) < 4.78 is 24.3. The largest absolute Gasteiger partial charge is 0.374 e. The van der Waals surface area contributed by atoms with Crippen LogP contribution < -0.4 is 5.30 Å². The van der Waals surface area contributed by atoms with Gasteiger partial charge >= 0.3 is 7.80 Å². The zero-order valence-electron chi connectivity index (χ0n) is 5.84. The van der Waals surface area contributed by atoms with Crippen molar-refractivity contribution >= 4 is 35.7 Å². The maximum absolute atomic E-state index is 12.8. The van der Waals surface area contributed by atoms with Crippen LogP contribution in [0.3, 0.4) is 0 Å². The third-order valence-corrected chi connectivity index (χ3v) is 3.84. The van der Waals surface area contributed by atoms with Gasteiger partial charge in [-0.25, -0.2) is 4.39 Å². The van der Waals surface area contributed by atoms with Crippen molar-refractivity contribution in [3.8, 4) is 0 Å². The van der Waals surface area contributed by atoms with Crippen LogP contribution >= 0.6 is 30.4 Å². The van der Waals surface area contributed by atoms with Crippen LogP contribution in [0.1, 0.15) is 0 Å². The third kappa shape index (κ3) is 1.97. The Labute approximate surface area is 78.9 Å². The average molecular weight is 283 g/mol. The first-order valence-corrected chi connectivity index (χ1v) is 5.76. The Hall–Kier alpha value is -0.0200. The lowest BCUT2D eigenvalue weighted by atomic mass is 10.3. The van der Waals surface area contributed by atoms with Crippen molar-refractivity contribution in [3.05, 3.63) is 27.6 Å². The minimum absolute atomic E-state index is 0.298. The SMILES string of the molecule is C[P+](=O)c1cccc(F)c1I. The molecule has 0 spiro atoms. The highest BCUT2D eigenvalue weighted by Gasteiger charge is 2.18. The smallest absolute Gasteiger partial charge is 0.206 e. The number of hydrogen-bond donors (Lipinski definition) is 0. The van der Waals surface area contributed by atoms with Crippen LogP contribution in [0, 0.1) is 9.39 Å². The molecule has 58 valence electrons. The maximum Gasteiger partial charge on any atom is 0.374 e. The maximum atomic E-state index is 12.8. The predicted molar refractivity (Wildman–Crippen MR) is 52.3 cm³/mol. The van der Waals surface area contributed by atoms with Gasteiger partial charge in [-0.15, -0.1) is 0 Å². The summed E-state index contributed by atoms with van der Waals surface area (Å²) in [6.07, 6.45) is 0. The Morgan fingerprint density at radius 3 is 2.64 bits per heavy atom. The van der Waals surface area contributed by atoms with Crippen molar-refractivity contribution in [2.75, 3.05) is 6.66 Å². The molecule has 0 aliphatic carbocycles. The van der Waals surface area contributed by atoms with Gasteiger partial charge in [0.25, 0.3) is 0 Å². The molecule has 0 aromatic heterocycles. The van der Waals surface area contributed by atoms with Gasteiger partial charge < -0.3 is 0 Å². The van der Waals surface area contributed by atoms with Crippen LogP contribution in [0.5, 0.6) is 0 Å². The molecular formula is C7H6FIOP+. The summed E-state index contributed by atoms with van der Waals surface area (Å²) in [4.78, 5) is 0. The van der Waals surface area contributed by atoms with Crippen LogP contribution in [0.15, 0.2) is 18.2 Å². The predicted octanol–water partition coefficient (Wildman–Crippen LogP) is 2.51. The van der Waals surface area contributed by atoms with Gasteiger partial charge in [-0.05, 0) is 34.7 Å². The van der Waals surface area contributed by atoms with Crippen molar-refractivity contribution < 1.29 is 8.96 Å². The molecule has 0 heterocycles. The molecule has 11 heavy (non-hydrogen) atoms. The molecule has 0 aliphatic rings. The molecule has 0 fully saturated rings. The molecule has 0 aliphatic heterocycles. The Morgan fingerprint density at radius 1 is 1.55 bits per heavy atom. The zero-order chi connectivity index (χ0) is 8.43. The number of rotatable bonds is 1. The molecule has 0 N–H and O–H groups in total. The molecule has 0 radical (unpaired) electrons. The van der Waals surface area contributed by atoms with Crippen LogP contribution in [-0.4, -0.2) is 6.66 Å². The first kappa shape index (κ1) is 9.07. The molecule has 1 rings (SSSR count). The van der Waals surface area contributed by atoms with Crippen molar-refractivity contribution in [1.29, 1.82) is 0 Å². The Bertz CT molecular complexity index is 300. The lowest BCUT2D eigenvalue weighted by molar-refractivity contribution is 0.595. The molecule has 0 amide bonds. The van der Waals surface area contributed by atoms with E-state index in [1.165, 1.54) is 6.07 Å². The summed E-state index contributed by atoms with van der Waals surface area (Å²) in [5.41, 5.74) is 0. The summed E-state index contributed by atoms with van der Waals surface area (Å²) in [5, 5.41) is 0.598. The lowest BCUT2D eigenvalue weighted by Gasteiger charge is -1.91. The Balaban J connectivity index is 3.27. The van der Waals surface area contributed by atoms with Gasteiger partial charge in [-0.1, -0.05) is 10.6 Å². The molecule has 1 nitrogen and oxygen atoms in total. The van der Waals surface area contributed by atoms with E-state index in [0.717, 1.165) is 0 Å². The van der Waals surface area contributed by atoms with Crippen LogP contribution in [0.4, 0.5) is 4.39 Å². The van der Waals surface area contributed by atoms with E-state index >= 15 is 0 Å². The topological polar surface area (TPSA) is 17.1 Å². The summed E-state index contributed by atoms with van der Waals surface area (Å²) >= 11 is 1.86. The van der Waals surface area contributed by atoms with E-state index < -0.39 is 7.80 Å². The monoisotopic (exact) mass is 283 g/mol. The third-order valence-electron chi connectivity index (χ3n) is 1.27. The van der Waals surface area contributed by atoms with Crippen molar-refractivity contribution in [2.24, 2.45) is 0 Å². The number of hydrogen-bond acceptors (Lipinski definition) is 1. The van der Waals surface area contributed by atoms with Gasteiger partial charge in [-0.2, -0.15) is 0 Å². The number of benzene rings is 1. The minimum Gasteiger partial charge on any atom is -0.206 e. The van der Waals surface area contributed by atoms with E-state index in [4.69, 9.17) is 0 Å². The molecule has 1 unspecified atom stereocenters. The summed E-state index contributed by atoms with van der Waals surface area (Å²) in [5.74, 6) is -0.298. The lowest BCUT2D eigenvalue weighted by Crippen LogP contribution is -2.03. The summed E-state index contributed by atoms with van der Waals surface area (Å²) in [6.45, 7) is 1.58. The summed E-state index contributed by atoms with van der Waals surface area (Å²) in [6, 6.07) is 4.62. The summed E-state index contributed by atoms with van der Waals surface area (Å²) in [7, 11) is -1.43. The van der Waals surface area contributed by atoms with E-state index in [9.17, 15) is 8.96 Å². The van der Waals surface area contributed by atoms with Gasteiger partial charge in [0.1, 0.15) is 16.1 Å². The van der Waals surface area contributed by atoms with Crippen molar-refractivity contribution in [2.45, 2.75) is 0 Å². The van der Waals surface area contributed by atoms with Crippen molar-refractivity contribution in [1.82, 2.24) is 0 Å². The highest BCUT2D eigenvalue weighted by molar-refractivity contribution is 14.1. The van der Waals surface area contributed by atoms with Crippen LogP contribution in [0.25, 0.3) is 0 Å². The first-order valence-electron chi connectivity index (χ1n) is 2.98. The van der Waals surface area contributed by atoms with E-state index in [0.29, 0.717) is 8.87 Å². The molecule has 1 aromatic rings. The molecular weight excluding hydrogens is 277 g/mol. The van der Waals surface area contributed by atoms with Gasteiger partial charge in [0, 0.05) is 0 Å². The zero-order valence-corrected chi connectivity index (χ0v) is 8.90. The van der Waals surface area contributed by atoms with Crippen LogP contribution in [0.2, 0.25) is 0 Å². The molecule has 1 aromatic carbocycles. The average Bonchev–Trinajstić information content (AvgIpc) is 1.94. The van der Waals surface area contributed by atoms with Crippen molar-refractivity contribution in [3.63, 3.8) is 0 Å². The second-order valence-electron chi connectivity index (χ2n) is 2.07. The van der Waals surface area contributed by atoms with Crippen LogP contribution in [-0.2, 0) is 4.57 Å². The standard InChI is InChI=1S/C7H6FIOP/c1-11(10)6-4-2-3-5(8)7(6)9/h2-4H,1H3/q+1. The van der Waals surface area contributed by atoms with Gasteiger partial charge in [0.15, 0.2) is 0 Å². The molecule has 4 heteroatoms. The quantitative estimate of drug-likeness (QED) is 0.571. The highest BCUT2D eigenvalue weighted by Crippen LogP contribution is 2.19. The fraction of sp³-hybridized carbons (Fsp3) is 0.143. The van der Waals surface area contributed by atoms with E-state index in [1.54, 1.807) is 18.8 Å². The molecule has 0 saturated heterocycles. The molecule has 1 atom stereocenters. The second-order valence-corrected chi connectivity index (χ2v) is 4.63. The van der Waals surface area contributed by atoms with Gasteiger partial charge in [0.2, 0.25) is 5.30 Å². The Morgan fingerprint density at radius 2 is 2.18 bits per heavy atom. The fourth-order valence-corrected chi connectivity index (χ4v) is 2.79. The molecule has 0 saturated carbocycles. The van der Waals surface area contributed by atoms with E-state index in [-0.39, 0.29) is 5.82 Å². The van der Waals surface area contributed by atoms with E-state index in [1.807, 2.05) is 22.6 Å². The fourth-order valence-electron chi connectivity index (χ4n) is 0.736. The van der Waals surface area contributed by atoms with E-state index in [2.05, 4.69) is 0 Å². The second kappa shape index (κ2) is 3.59. The normalized spacial score (nSPS) is 11.4. The molecule has 0 bridgehead atoms. The van der Waals surface area contributed by atoms with Gasteiger partial charge in [-0.3, -0.25) is 0 Å². The minimum atomic E-state index is -1.43. The number of halogens is 2. The first-order chi connectivity index (χ1) is 5.13. The highest BCUT2D eigenvalue weighted by atomic mass is 127.